The minimum absolute atomic E-state index is 0.249. The van der Waals surface area contributed by atoms with Crippen molar-refractivity contribution < 1.29 is 4.74 Å². The van der Waals surface area contributed by atoms with Gasteiger partial charge in [-0.25, -0.2) is 9.97 Å². The summed E-state index contributed by atoms with van der Waals surface area (Å²) in [5.41, 5.74) is 0. The molecular formula is C16H18N4O. The van der Waals surface area contributed by atoms with Crippen molar-refractivity contribution in [2.24, 2.45) is 0 Å². The smallest absolute Gasteiger partial charge is 0.134 e. The van der Waals surface area contributed by atoms with E-state index in [1.165, 1.54) is 0 Å². The van der Waals surface area contributed by atoms with Gasteiger partial charge in [-0.1, -0.05) is 0 Å². The number of benzene rings is 1. The third-order valence-electron chi connectivity index (χ3n) is 3.40. The Morgan fingerprint density at radius 3 is 2.95 bits per heavy atom. The fraction of sp³-hybridized carbons (Fsp3) is 0.250. The Balaban J connectivity index is 1.83. The number of methoxy groups -OCH3 is 1. The van der Waals surface area contributed by atoms with Crippen molar-refractivity contribution in [2.75, 3.05) is 12.4 Å². The summed E-state index contributed by atoms with van der Waals surface area (Å²) in [4.78, 5) is 8.51. The highest BCUT2D eigenvalue weighted by Crippen LogP contribution is 2.25. The molecule has 3 rings (SSSR count). The molecule has 0 saturated carbocycles. The summed E-state index contributed by atoms with van der Waals surface area (Å²) < 4.78 is 7.31. The van der Waals surface area contributed by atoms with Crippen LogP contribution in [0.3, 0.4) is 0 Å². The van der Waals surface area contributed by atoms with Gasteiger partial charge in [0.2, 0.25) is 0 Å². The number of anilines is 1. The van der Waals surface area contributed by atoms with Crippen molar-refractivity contribution in [3.63, 3.8) is 0 Å². The van der Waals surface area contributed by atoms with Gasteiger partial charge in [0.1, 0.15) is 11.6 Å². The molecule has 1 N–H and O–H groups in total. The highest BCUT2D eigenvalue weighted by atomic mass is 16.5. The summed E-state index contributed by atoms with van der Waals surface area (Å²) in [6.07, 6.45) is 7.38. The van der Waals surface area contributed by atoms with Crippen LogP contribution in [0.25, 0.3) is 10.8 Å². The molecular weight excluding hydrogens is 264 g/mol. The van der Waals surface area contributed by atoms with Crippen LogP contribution in [0.15, 0.2) is 49.2 Å². The number of fused-ring (bicyclic) bond motifs is 1. The first-order chi connectivity index (χ1) is 10.3. The Kier molecular flexibility index (Phi) is 3.73. The molecule has 5 nitrogen and oxygen atoms in total. The summed E-state index contributed by atoms with van der Waals surface area (Å²) in [5, 5.41) is 5.67. The molecule has 0 fully saturated rings. The van der Waals surface area contributed by atoms with Crippen molar-refractivity contribution in [2.45, 2.75) is 19.5 Å². The van der Waals surface area contributed by atoms with Gasteiger partial charge < -0.3 is 14.6 Å². The van der Waals surface area contributed by atoms with Gasteiger partial charge in [0, 0.05) is 36.6 Å². The lowest BCUT2D eigenvalue weighted by molar-refractivity contribution is 0.415. The Labute approximate surface area is 123 Å². The molecule has 108 valence electrons. The zero-order valence-electron chi connectivity index (χ0n) is 12.2. The molecule has 0 aliphatic rings. The molecule has 21 heavy (non-hydrogen) atoms. The maximum Gasteiger partial charge on any atom is 0.134 e. The van der Waals surface area contributed by atoms with Gasteiger partial charge in [-0.05, 0) is 36.6 Å². The van der Waals surface area contributed by atoms with E-state index in [9.17, 15) is 0 Å². The van der Waals surface area contributed by atoms with E-state index in [0.717, 1.165) is 28.9 Å². The largest absolute Gasteiger partial charge is 0.497 e. The first-order valence-corrected chi connectivity index (χ1v) is 6.91. The van der Waals surface area contributed by atoms with Crippen LogP contribution in [-0.2, 0) is 6.54 Å². The lowest BCUT2D eigenvalue weighted by Crippen LogP contribution is -2.22. The zero-order chi connectivity index (χ0) is 14.7. The van der Waals surface area contributed by atoms with Crippen LogP contribution in [0.2, 0.25) is 0 Å². The molecule has 5 heteroatoms. The number of pyridine rings is 1. The number of rotatable bonds is 5. The lowest BCUT2D eigenvalue weighted by Gasteiger charge is -2.16. The predicted molar refractivity (Wildman–Crippen MR) is 83.6 cm³/mol. The van der Waals surface area contributed by atoms with E-state index in [1.807, 2.05) is 47.6 Å². The van der Waals surface area contributed by atoms with Gasteiger partial charge in [0.25, 0.3) is 0 Å². The molecule has 1 aromatic carbocycles. The first-order valence-electron chi connectivity index (χ1n) is 6.91. The van der Waals surface area contributed by atoms with Crippen LogP contribution < -0.4 is 10.1 Å². The highest BCUT2D eigenvalue weighted by molar-refractivity contribution is 5.92. The summed E-state index contributed by atoms with van der Waals surface area (Å²) in [5.74, 6) is 1.74. The average Bonchev–Trinajstić information content (AvgIpc) is 2.99. The molecule has 1 atom stereocenters. The van der Waals surface area contributed by atoms with Gasteiger partial charge >= 0.3 is 0 Å². The molecule has 3 aromatic rings. The number of nitrogens with zero attached hydrogens (tertiary/aromatic N) is 3. The van der Waals surface area contributed by atoms with Gasteiger partial charge in [-0.2, -0.15) is 0 Å². The monoisotopic (exact) mass is 282 g/mol. The molecule has 0 radical (unpaired) electrons. The second-order valence-corrected chi connectivity index (χ2v) is 5.05. The maximum absolute atomic E-state index is 5.26. The average molecular weight is 282 g/mol. The van der Waals surface area contributed by atoms with Gasteiger partial charge in [-0.15, -0.1) is 0 Å². The van der Waals surface area contributed by atoms with E-state index in [0.29, 0.717) is 0 Å². The molecule has 1 unspecified atom stereocenters. The Morgan fingerprint density at radius 1 is 1.29 bits per heavy atom. The summed E-state index contributed by atoms with van der Waals surface area (Å²) >= 11 is 0. The third kappa shape index (κ3) is 2.97. The van der Waals surface area contributed by atoms with Crippen LogP contribution >= 0.6 is 0 Å². The Hall–Kier alpha value is -2.56. The van der Waals surface area contributed by atoms with E-state index >= 15 is 0 Å². The standard InChI is InChI=1S/C16H18N4O/c1-12(10-20-8-7-17-11-20)19-16-15-4-3-14(21-2)9-13(15)5-6-18-16/h3-9,11-12H,10H2,1-2H3,(H,18,19). The van der Waals surface area contributed by atoms with E-state index in [1.54, 1.807) is 13.3 Å². The zero-order valence-corrected chi connectivity index (χ0v) is 12.2. The van der Waals surface area contributed by atoms with Gasteiger partial charge in [0.15, 0.2) is 0 Å². The first kappa shape index (κ1) is 13.4. The van der Waals surface area contributed by atoms with Gasteiger partial charge in [0.05, 0.1) is 13.4 Å². The normalized spacial score (nSPS) is 12.3. The Morgan fingerprint density at radius 2 is 2.19 bits per heavy atom. The topological polar surface area (TPSA) is 52.0 Å². The van der Waals surface area contributed by atoms with Crippen LogP contribution in [-0.4, -0.2) is 27.7 Å². The number of hydrogen-bond acceptors (Lipinski definition) is 4. The minimum atomic E-state index is 0.249. The Bertz CT molecular complexity index is 724. The second-order valence-electron chi connectivity index (χ2n) is 5.05. The third-order valence-corrected chi connectivity index (χ3v) is 3.40. The van der Waals surface area contributed by atoms with Crippen molar-refractivity contribution in [3.05, 3.63) is 49.2 Å². The number of ether oxygens (including phenoxy) is 1. The minimum Gasteiger partial charge on any atom is -0.497 e. The molecule has 0 spiro atoms. The van der Waals surface area contributed by atoms with Crippen LogP contribution in [0.1, 0.15) is 6.92 Å². The van der Waals surface area contributed by atoms with Crippen LogP contribution in [0, 0.1) is 0 Å². The number of nitrogens with one attached hydrogen (secondary N) is 1. The van der Waals surface area contributed by atoms with E-state index in [-0.39, 0.29) is 6.04 Å². The second kappa shape index (κ2) is 5.83. The van der Waals surface area contributed by atoms with Crippen molar-refractivity contribution in [3.8, 4) is 5.75 Å². The van der Waals surface area contributed by atoms with E-state index < -0.39 is 0 Å². The fourth-order valence-corrected chi connectivity index (χ4v) is 2.39. The molecule has 0 aliphatic carbocycles. The lowest BCUT2D eigenvalue weighted by atomic mass is 10.1. The molecule has 2 aromatic heterocycles. The number of aromatic nitrogens is 3. The summed E-state index contributed by atoms with van der Waals surface area (Å²) in [6.45, 7) is 2.97. The maximum atomic E-state index is 5.26. The van der Waals surface area contributed by atoms with Crippen molar-refractivity contribution in [1.82, 2.24) is 14.5 Å². The van der Waals surface area contributed by atoms with E-state index in [4.69, 9.17) is 4.74 Å². The SMILES string of the molecule is COc1ccc2c(NC(C)Cn3ccnc3)nccc2c1. The van der Waals surface area contributed by atoms with Crippen molar-refractivity contribution in [1.29, 1.82) is 0 Å². The number of imidazole rings is 1. The molecule has 0 aliphatic heterocycles. The molecule has 0 amide bonds. The van der Waals surface area contributed by atoms with Gasteiger partial charge in [-0.3, -0.25) is 0 Å². The van der Waals surface area contributed by atoms with Crippen LogP contribution in [0.5, 0.6) is 5.75 Å². The highest BCUT2D eigenvalue weighted by Gasteiger charge is 2.08. The molecule has 2 heterocycles. The predicted octanol–water partition coefficient (Wildman–Crippen LogP) is 2.94. The number of hydrogen-bond donors (Lipinski definition) is 1. The molecule has 0 saturated heterocycles. The van der Waals surface area contributed by atoms with E-state index in [2.05, 4.69) is 22.2 Å². The quantitative estimate of drug-likeness (QED) is 0.781. The molecule has 0 bridgehead atoms. The van der Waals surface area contributed by atoms with Crippen LogP contribution in [0.4, 0.5) is 5.82 Å². The fourth-order valence-electron chi connectivity index (χ4n) is 2.39. The summed E-state index contributed by atoms with van der Waals surface area (Å²) in [6, 6.07) is 8.24. The summed E-state index contributed by atoms with van der Waals surface area (Å²) in [7, 11) is 1.68. The van der Waals surface area contributed by atoms with Crippen molar-refractivity contribution >= 4 is 16.6 Å².